The molecule has 5 heteroatoms. The molecule has 1 aromatic carbocycles. The summed E-state index contributed by atoms with van der Waals surface area (Å²) in [6.45, 7) is 2.23. The molecule has 0 bridgehead atoms. The van der Waals surface area contributed by atoms with E-state index in [9.17, 15) is 9.59 Å². The third-order valence-corrected chi connectivity index (χ3v) is 6.21. The van der Waals surface area contributed by atoms with Crippen LogP contribution in [-0.4, -0.2) is 28.5 Å². The van der Waals surface area contributed by atoms with Gasteiger partial charge in [0.2, 0.25) is 11.8 Å². The summed E-state index contributed by atoms with van der Waals surface area (Å²) in [5.74, 6) is 0.0535. The summed E-state index contributed by atoms with van der Waals surface area (Å²) in [6, 6.07) is 9.42. The van der Waals surface area contributed by atoms with E-state index in [2.05, 4.69) is 6.92 Å². The van der Waals surface area contributed by atoms with Crippen LogP contribution in [0.1, 0.15) is 75.6 Å². The van der Waals surface area contributed by atoms with E-state index in [0.717, 1.165) is 18.4 Å². The molecule has 0 radical (unpaired) electrons. The molecule has 26 heavy (non-hydrogen) atoms. The van der Waals surface area contributed by atoms with Gasteiger partial charge in [0.25, 0.3) is 0 Å². The molecule has 1 aliphatic rings. The first-order valence-electron chi connectivity index (χ1n) is 9.92. The van der Waals surface area contributed by atoms with Crippen molar-refractivity contribution in [3.05, 3.63) is 35.9 Å². The SMILES string of the molecule is CCCCCCCCCCC(C(N)=O)N1C(=O)CSC1c1ccccc1. The van der Waals surface area contributed by atoms with Crippen molar-refractivity contribution in [2.75, 3.05) is 5.75 Å². The smallest absolute Gasteiger partial charge is 0.240 e. The standard InChI is InChI=1S/C21H32N2O2S/c1-2-3-4-5-6-7-8-12-15-18(20(22)25)23-19(24)16-26-21(23)17-13-10-9-11-14-17/h9-11,13-14,18,21H,2-8,12,15-16H2,1H3,(H2,22,25). The highest BCUT2D eigenvalue weighted by atomic mass is 32.2. The molecule has 4 nitrogen and oxygen atoms in total. The zero-order chi connectivity index (χ0) is 18.8. The number of hydrogen-bond donors (Lipinski definition) is 1. The zero-order valence-electron chi connectivity index (χ0n) is 15.9. The van der Waals surface area contributed by atoms with Crippen LogP contribution >= 0.6 is 11.8 Å². The molecule has 0 aromatic heterocycles. The van der Waals surface area contributed by atoms with E-state index in [4.69, 9.17) is 5.73 Å². The molecule has 2 amide bonds. The zero-order valence-corrected chi connectivity index (χ0v) is 16.7. The molecular formula is C21H32N2O2S. The number of amides is 2. The molecule has 2 rings (SSSR count). The molecule has 1 aliphatic heterocycles. The van der Waals surface area contributed by atoms with Gasteiger partial charge in [-0.1, -0.05) is 88.6 Å². The molecule has 2 unspecified atom stereocenters. The van der Waals surface area contributed by atoms with Crippen LogP contribution < -0.4 is 5.73 Å². The molecule has 2 atom stereocenters. The summed E-state index contributed by atoms with van der Waals surface area (Å²) in [4.78, 5) is 26.2. The number of nitrogens with zero attached hydrogens (tertiary/aromatic N) is 1. The lowest BCUT2D eigenvalue weighted by Gasteiger charge is -2.31. The fourth-order valence-corrected chi connectivity index (χ4v) is 4.76. The number of carbonyl (C=O) groups is 2. The third kappa shape index (κ3) is 6.04. The summed E-state index contributed by atoms with van der Waals surface area (Å²) in [7, 11) is 0. The predicted octanol–water partition coefficient (Wildman–Crippen LogP) is 4.65. The van der Waals surface area contributed by atoms with Crippen molar-refractivity contribution < 1.29 is 9.59 Å². The minimum absolute atomic E-state index is 0.0206. The van der Waals surface area contributed by atoms with E-state index in [1.807, 2.05) is 30.3 Å². The van der Waals surface area contributed by atoms with Gasteiger partial charge in [-0.25, -0.2) is 0 Å². The fraction of sp³-hybridized carbons (Fsp3) is 0.619. The summed E-state index contributed by atoms with van der Waals surface area (Å²) < 4.78 is 0. The van der Waals surface area contributed by atoms with Crippen LogP contribution in [0.3, 0.4) is 0 Å². The van der Waals surface area contributed by atoms with Crippen molar-refractivity contribution in [2.45, 2.75) is 76.1 Å². The Hall–Kier alpha value is -1.49. The second-order valence-corrected chi connectivity index (χ2v) is 8.13. The number of primary amides is 1. The van der Waals surface area contributed by atoms with Crippen molar-refractivity contribution in [1.82, 2.24) is 4.90 Å². The van der Waals surface area contributed by atoms with Gasteiger partial charge in [-0.3, -0.25) is 9.59 Å². The second-order valence-electron chi connectivity index (χ2n) is 7.06. The maximum Gasteiger partial charge on any atom is 0.240 e. The van der Waals surface area contributed by atoms with Gasteiger partial charge in [0, 0.05) is 0 Å². The summed E-state index contributed by atoms with van der Waals surface area (Å²) in [5, 5.41) is -0.102. The number of nitrogens with two attached hydrogens (primary N) is 1. The van der Waals surface area contributed by atoms with E-state index in [-0.39, 0.29) is 17.2 Å². The van der Waals surface area contributed by atoms with Gasteiger partial charge in [0.15, 0.2) is 0 Å². The highest BCUT2D eigenvalue weighted by Gasteiger charge is 2.39. The Morgan fingerprint density at radius 3 is 2.35 bits per heavy atom. The fourth-order valence-electron chi connectivity index (χ4n) is 3.54. The molecule has 1 fully saturated rings. The van der Waals surface area contributed by atoms with E-state index < -0.39 is 6.04 Å². The van der Waals surface area contributed by atoms with Crippen LogP contribution in [0.25, 0.3) is 0 Å². The molecular weight excluding hydrogens is 344 g/mol. The second kappa shape index (κ2) is 11.3. The average Bonchev–Trinajstić information content (AvgIpc) is 3.02. The number of rotatable bonds is 12. The van der Waals surface area contributed by atoms with Gasteiger partial charge < -0.3 is 10.6 Å². The maximum absolute atomic E-state index is 12.4. The van der Waals surface area contributed by atoms with Crippen molar-refractivity contribution in [3.63, 3.8) is 0 Å². The topological polar surface area (TPSA) is 63.4 Å². The molecule has 144 valence electrons. The number of unbranched alkanes of at least 4 members (excludes halogenated alkanes) is 7. The molecule has 0 saturated carbocycles. The van der Waals surface area contributed by atoms with Gasteiger partial charge >= 0.3 is 0 Å². The normalized spacial score (nSPS) is 18.3. The Balaban J connectivity index is 1.87. The Kier molecular flexibility index (Phi) is 9.02. The number of hydrogen-bond acceptors (Lipinski definition) is 3. The van der Waals surface area contributed by atoms with Gasteiger partial charge in [0.05, 0.1) is 5.75 Å². The van der Waals surface area contributed by atoms with Gasteiger partial charge in [0.1, 0.15) is 11.4 Å². The van der Waals surface area contributed by atoms with Gasteiger partial charge in [-0.05, 0) is 12.0 Å². The van der Waals surface area contributed by atoms with Crippen LogP contribution in [-0.2, 0) is 9.59 Å². The summed E-state index contributed by atoms with van der Waals surface area (Å²) in [6.07, 6.45) is 10.4. The first kappa shape index (κ1) is 20.8. The quantitative estimate of drug-likeness (QED) is 0.540. The Morgan fingerprint density at radius 1 is 1.12 bits per heavy atom. The number of benzene rings is 1. The van der Waals surface area contributed by atoms with Gasteiger partial charge in [-0.2, -0.15) is 0 Å². The van der Waals surface area contributed by atoms with Crippen molar-refractivity contribution in [2.24, 2.45) is 5.73 Å². The molecule has 1 aromatic rings. The predicted molar refractivity (Wildman–Crippen MR) is 109 cm³/mol. The molecule has 1 saturated heterocycles. The third-order valence-electron chi connectivity index (χ3n) is 4.99. The van der Waals surface area contributed by atoms with E-state index in [0.29, 0.717) is 12.2 Å². The highest BCUT2D eigenvalue weighted by Crippen LogP contribution is 2.40. The minimum atomic E-state index is -0.497. The van der Waals surface area contributed by atoms with Crippen LogP contribution in [0, 0.1) is 0 Å². The Labute approximate surface area is 161 Å². The monoisotopic (exact) mass is 376 g/mol. The first-order chi connectivity index (χ1) is 12.6. The number of thioether (sulfide) groups is 1. The Bertz CT molecular complexity index is 564. The van der Waals surface area contributed by atoms with Crippen LogP contribution in [0.15, 0.2) is 30.3 Å². The lowest BCUT2D eigenvalue weighted by molar-refractivity contribution is -0.137. The Morgan fingerprint density at radius 2 is 1.73 bits per heavy atom. The van der Waals surface area contributed by atoms with Gasteiger partial charge in [-0.15, -0.1) is 11.8 Å². The van der Waals surface area contributed by atoms with Crippen LogP contribution in [0.2, 0.25) is 0 Å². The van der Waals surface area contributed by atoms with Crippen LogP contribution in [0.5, 0.6) is 0 Å². The summed E-state index contributed by atoms with van der Waals surface area (Å²) >= 11 is 1.58. The number of carbonyl (C=O) groups excluding carboxylic acids is 2. The molecule has 0 aliphatic carbocycles. The van der Waals surface area contributed by atoms with Crippen molar-refractivity contribution in [3.8, 4) is 0 Å². The average molecular weight is 377 g/mol. The molecule has 0 spiro atoms. The molecule has 1 heterocycles. The largest absolute Gasteiger partial charge is 0.368 e. The van der Waals surface area contributed by atoms with E-state index in [1.165, 1.54) is 38.5 Å². The van der Waals surface area contributed by atoms with Crippen molar-refractivity contribution >= 4 is 23.6 Å². The van der Waals surface area contributed by atoms with E-state index >= 15 is 0 Å². The minimum Gasteiger partial charge on any atom is -0.368 e. The van der Waals surface area contributed by atoms with Crippen LogP contribution in [0.4, 0.5) is 0 Å². The highest BCUT2D eigenvalue weighted by molar-refractivity contribution is 8.00. The lowest BCUT2D eigenvalue weighted by Crippen LogP contribution is -2.46. The maximum atomic E-state index is 12.4. The lowest BCUT2D eigenvalue weighted by atomic mass is 10.0. The summed E-state index contributed by atoms with van der Waals surface area (Å²) in [5.41, 5.74) is 6.73. The molecule has 2 N–H and O–H groups in total. The van der Waals surface area contributed by atoms with Crippen molar-refractivity contribution in [1.29, 1.82) is 0 Å². The van der Waals surface area contributed by atoms with E-state index in [1.54, 1.807) is 16.7 Å². The first-order valence-corrected chi connectivity index (χ1v) is 11.0.